The lowest BCUT2D eigenvalue weighted by molar-refractivity contribution is 0.101. The highest BCUT2D eigenvalue weighted by Crippen LogP contribution is 2.40. The van der Waals surface area contributed by atoms with Gasteiger partial charge < -0.3 is 20.9 Å². The average Bonchev–Trinajstić information content (AvgIpc) is 3.50. The molecule has 3 N–H and O–H groups in total. The minimum absolute atomic E-state index is 0.375. The molecule has 5 aromatic rings. The van der Waals surface area contributed by atoms with Crippen molar-refractivity contribution in [3.05, 3.63) is 101 Å². The number of carbonyl (C=O) groups excluding carboxylic acids is 1. The van der Waals surface area contributed by atoms with E-state index in [1.165, 1.54) is 41.4 Å². The molecule has 1 aliphatic rings. The van der Waals surface area contributed by atoms with Gasteiger partial charge in [0.05, 0.1) is 16.3 Å². The number of rotatable bonds is 9. The fraction of sp³-hybridized carbons (Fsp3) is 0.257. The molecule has 1 fully saturated rings. The summed E-state index contributed by atoms with van der Waals surface area (Å²) in [5, 5.41) is 10.2. The van der Waals surface area contributed by atoms with E-state index in [0.717, 1.165) is 47.3 Å². The van der Waals surface area contributed by atoms with Crippen LogP contribution in [0, 0.1) is 24.5 Å². The number of carbonyl (C=O) groups is 1. The fourth-order valence-electron chi connectivity index (χ4n) is 5.60. The Labute approximate surface area is 271 Å². The van der Waals surface area contributed by atoms with Crippen molar-refractivity contribution < 1.29 is 13.6 Å². The van der Waals surface area contributed by atoms with Crippen LogP contribution >= 0.6 is 11.3 Å². The minimum atomic E-state index is -0.928. The van der Waals surface area contributed by atoms with E-state index >= 15 is 0 Å². The number of halogens is 2. The van der Waals surface area contributed by atoms with E-state index in [1.807, 2.05) is 31.1 Å². The third-order valence-corrected chi connectivity index (χ3v) is 9.28. The lowest BCUT2D eigenvalue weighted by atomic mass is 9.89. The molecule has 0 radical (unpaired) electrons. The Balaban J connectivity index is 1.25. The molecule has 2 aromatic heterocycles. The van der Waals surface area contributed by atoms with Gasteiger partial charge in [0.2, 0.25) is 5.95 Å². The molecule has 1 amide bonds. The van der Waals surface area contributed by atoms with Crippen LogP contribution in [0.1, 0.15) is 34.3 Å². The van der Waals surface area contributed by atoms with E-state index < -0.39 is 23.1 Å². The molecule has 3 aromatic carbocycles. The second-order valence-corrected chi connectivity index (χ2v) is 12.6. The quantitative estimate of drug-likeness (QED) is 0.154. The van der Waals surface area contributed by atoms with E-state index in [0.29, 0.717) is 34.5 Å². The molecule has 0 bridgehead atoms. The van der Waals surface area contributed by atoms with Crippen molar-refractivity contribution >= 4 is 39.7 Å². The molecular weight excluding hydrogens is 604 g/mol. The Morgan fingerprint density at radius 1 is 0.978 bits per heavy atom. The molecule has 11 heteroatoms. The molecule has 0 aliphatic carbocycles. The van der Waals surface area contributed by atoms with Crippen LogP contribution in [0.4, 0.5) is 31.2 Å². The number of thiazole rings is 1. The van der Waals surface area contributed by atoms with Crippen LogP contribution in [0.15, 0.2) is 72.9 Å². The number of benzene rings is 3. The third-order valence-electron chi connectivity index (χ3n) is 8.04. The lowest BCUT2D eigenvalue weighted by Crippen LogP contribution is -2.28. The monoisotopic (exact) mass is 639 g/mol. The summed E-state index contributed by atoms with van der Waals surface area (Å²) in [6.07, 6.45) is 5.22. The summed E-state index contributed by atoms with van der Waals surface area (Å²) in [4.78, 5) is 29.7. The van der Waals surface area contributed by atoms with Crippen LogP contribution in [0.2, 0.25) is 0 Å². The SMILES string of the molecule is Cc1cc(Nc2nccc(-c3sc(N(C)C)nc3-c3cccc(NC(=O)c4c(F)cccc4F)c3)n2)ccc1CC1CCNCC1. The van der Waals surface area contributed by atoms with Gasteiger partial charge in [0.1, 0.15) is 17.2 Å². The maximum atomic E-state index is 14.2. The summed E-state index contributed by atoms with van der Waals surface area (Å²) < 4.78 is 28.5. The van der Waals surface area contributed by atoms with E-state index in [4.69, 9.17) is 9.97 Å². The summed E-state index contributed by atoms with van der Waals surface area (Å²) >= 11 is 1.48. The van der Waals surface area contributed by atoms with Crippen LogP contribution in [-0.2, 0) is 6.42 Å². The normalized spacial score (nSPS) is 13.4. The molecule has 1 aliphatic heterocycles. The zero-order chi connectivity index (χ0) is 32.2. The van der Waals surface area contributed by atoms with Gasteiger partial charge in [0.15, 0.2) is 5.13 Å². The summed E-state index contributed by atoms with van der Waals surface area (Å²) in [5.74, 6) is -1.56. The van der Waals surface area contributed by atoms with Crippen LogP contribution in [0.25, 0.3) is 21.8 Å². The molecule has 0 unspecified atom stereocenters. The predicted molar refractivity (Wildman–Crippen MR) is 181 cm³/mol. The van der Waals surface area contributed by atoms with Gasteiger partial charge in [-0.05, 0) is 98.8 Å². The topological polar surface area (TPSA) is 95.1 Å². The second kappa shape index (κ2) is 13.7. The Bertz CT molecular complexity index is 1850. The Kier molecular flexibility index (Phi) is 9.32. The molecular formula is C35H35F2N7OS. The standard InChI is InChI=1S/C35H35F2N7OS/c1-21-18-26(11-10-23(21)19-22-12-15-38-16-13-22)41-34-39-17-14-29(42-34)32-31(43-35(46-32)44(2)3)24-6-4-7-25(20-24)40-33(45)30-27(36)8-5-9-28(30)37/h4-11,14,17-18,20,22,38H,12-13,15-16,19H2,1-3H3,(H,40,45)(H,39,41,42). The van der Waals surface area contributed by atoms with Gasteiger partial charge in [-0.3, -0.25) is 4.79 Å². The van der Waals surface area contributed by atoms with Crippen molar-refractivity contribution in [2.75, 3.05) is 42.7 Å². The molecule has 8 nitrogen and oxygen atoms in total. The maximum Gasteiger partial charge on any atom is 0.261 e. The van der Waals surface area contributed by atoms with Crippen LogP contribution < -0.4 is 20.9 Å². The van der Waals surface area contributed by atoms with Gasteiger partial charge >= 0.3 is 0 Å². The van der Waals surface area contributed by atoms with Gasteiger partial charge in [-0.1, -0.05) is 35.6 Å². The van der Waals surface area contributed by atoms with Gasteiger partial charge in [0, 0.05) is 37.2 Å². The first-order valence-electron chi connectivity index (χ1n) is 15.2. The molecule has 46 heavy (non-hydrogen) atoms. The number of nitrogens with one attached hydrogen (secondary N) is 3. The van der Waals surface area contributed by atoms with Crippen molar-refractivity contribution in [2.24, 2.45) is 5.92 Å². The van der Waals surface area contributed by atoms with Crippen molar-refractivity contribution in [1.82, 2.24) is 20.3 Å². The molecule has 1 saturated heterocycles. The summed E-state index contributed by atoms with van der Waals surface area (Å²) in [6, 6.07) is 18.6. The largest absolute Gasteiger partial charge is 0.354 e. The molecule has 0 saturated carbocycles. The molecule has 0 spiro atoms. The van der Waals surface area contributed by atoms with E-state index in [2.05, 4.69) is 46.1 Å². The smallest absolute Gasteiger partial charge is 0.261 e. The number of hydrogen-bond acceptors (Lipinski definition) is 8. The van der Waals surface area contributed by atoms with Crippen molar-refractivity contribution in [3.8, 4) is 21.8 Å². The Morgan fingerprint density at radius 2 is 1.74 bits per heavy atom. The minimum Gasteiger partial charge on any atom is -0.354 e. The predicted octanol–water partition coefficient (Wildman–Crippen LogP) is 7.46. The fourth-order valence-corrected chi connectivity index (χ4v) is 6.58. The van der Waals surface area contributed by atoms with Crippen LogP contribution in [0.3, 0.4) is 0 Å². The first-order valence-corrected chi connectivity index (χ1v) is 16.0. The summed E-state index contributed by atoms with van der Waals surface area (Å²) in [5.41, 5.74) is 5.31. The molecule has 0 atom stereocenters. The second-order valence-electron chi connectivity index (χ2n) is 11.6. The number of aromatic nitrogens is 3. The maximum absolute atomic E-state index is 14.2. The zero-order valence-electron chi connectivity index (χ0n) is 25.9. The van der Waals surface area contributed by atoms with Gasteiger partial charge in [-0.25, -0.2) is 23.7 Å². The number of aryl methyl sites for hydroxylation is 1. The highest BCUT2D eigenvalue weighted by molar-refractivity contribution is 7.19. The molecule has 3 heterocycles. The van der Waals surface area contributed by atoms with Crippen LogP contribution in [0.5, 0.6) is 0 Å². The van der Waals surface area contributed by atoms with Crippen molar-refractivity contribution in [2.45, 2.75) is 26.2 Å². The highest BCUT2D eigenvalue weighted by Gasteiger charge is 2.21. The van der Waals surface area contributed by atoms with E-state index in [-0.39, 0.29) is 0 Å². The lowest BCUT2D eigenvalue weighted by Gasteiger charge is -2.23. The average molecular weight is 640 g/mol. The van der Waals surface area contributed by atoms with Gasteiger partial charge in [-0.2, -0.15) is 0 Å². The van der Waals surface area contributed by atoms with Crippen molar-refractivity contribution in [3.63, 3.8) is 0 Å². The number of amides is 1. The van der Waals surface area contributed by atoms with Gasteiger partial charge in [0.25, 0.3) is 5.91 Å². The first kappa shape index (κ1) is 31.3. The summed E-state index contributed by atoms with van der Waals surface area (Å²) in [6.45, 7) is 4.33. The molecule has 236 valence electrons. The highest BCUT2D eigenvalue weighted by atomic mass is 32.1. The summed E-state index contributed by atoms with van der Waals surface area (Å²) in [7, 11) is 3.83. The number of nitrogens with zero attached hydrogens (tertiary/aromatic N) is 4. The Hall–Kier alpha value is -4.74. The number of piperidine rings is 1. The van der Waals surface area contributed by atoms with Crippen LogP contribution in [-0.4, -0.2) is 48.0 Å². The Morgan fingerprint density at radius 3 is 2.48 bits per heavy atom. The van der Waals surface area contributed by atoms with E-state index in [1.54, 1.807) is 24.4 Å². The number of hydrogen-bond donors (Lipinski definition) is 3. The van der Waals surface area contributed by atoms with Gasteiger partial charge in [-0.15, -0.1) is 0 Å². The van der Waals surface area contributed by atoms with E-state index in [9.17, 15) is 13.6 Å². The van der Waals surface area contributed by atoms with Crippen molar-refractivity contribution in [1.29, 1.82) is 0 Å². The zero-order valence-corrected chi connectivity index (χ0v) is 26.7. The number of anilines is 4. The third kappa shape index (κ3) is 7.05. The molecule has 6 rings (SSSR count). The first-order chi connectivity index (χ1) is 22.2.